The lowest BCUT2D eigenvalue weighted by Gasteiger charge is -2.06. The minimum atomic E-state index is -0.611. The van der Waals surface area contributed by atoms with Crippen LogP contribution >= 0.6 is 34.5 Å². The van der Waals surface area contributed by atoms with Crippen molar-refractivity contribution in [3.63, 3.8) is 0 Å². The van der Waals surface area contributed by atoms with Gasteiger partial charge in [-0.2, -0.15) is 21.4 Å². The number of benzene rings is 1. The standard InChI is InChI=1S/C19H14Cl2N4O3S/c1-11-16(17(21)25(23-11)8-12-4-2-3-5-14(12)20)19(26)27-9-15-22-18(28-24-15)13-6-7-29-10-13/h2-7,10H,8-9H2,1H3. The topological polar surface area (TPSA) is 83.0 Å². The van der Waals surface area contributed by atoms with Gasteiger partial charge < -0.3 is 9.26 Å². The molecule has 0 bridgehead atoms. The minimum absolute atomic E-state index is 0.141. The molecule has 0 amide bonds. The number of aryl methyl sites for hydroxylation is 1. The van der Waals surface area contributed by atoms with Crippen LogP contribution in [0.4, 0.5) is 0 Å². The second-order valence-corrected chi connectivity index (χ2v) is 7.65. The molecule has 0 aliphatic heterocycles. The van der Waals surface area contributed by atoms with Crippen LogP contribution in [0.3, 0.4) is 0 Å². The van der Waals surface area contributed by atoms with Gasteiger partial charge in [-0.25, -0.2) is 9.48 Å². The lowest BCUT2D eigenvalue weighted by molar-refractivity contribution is 0.0459. The van der Waals surface area contributed by atoms with Gasteiger partial charge in [-0.3, -0.25) is 0 Å². The highest BCUT2D eigenvalue weighted by Crippen LogP contribution is 2.25. The third-order valence-corrected chi connectivity index (χ3v) is 5.55. The Morgan fingerprint density at radius 3 is 2.86 bits per heavy atom. The van der Waals surface area contributed by atoms with E-state index in [4.69, 9.17) is 32.5 Å². The van der Waals surface area contributed by atoms with E-state index in [1.807, 2.05) is 35.0 Å². The van der Waals surface area contributed by atoms with Crippen LogP contribution in [0.5, 0.6) is 0 Å². The number of hydrogen-bond donors (Lipinski definition) is 0. The number of rotatable bonds is 6. The smallest absolute Gasteiger partial charge is 0.343 e. The van der Waals surface area contributed by atoms with Gasteiger partial charge in [-0.05, 0) is 30.0 Å². The van der Waals surface area contributed by atoms with Crippen molar-refractivity contribution >= 4 is 40.5 Å². The third-order valence-electron chi connectivity index (χ3n) is 4.12. The number of hydrogen-bond acceptors (Lipinski definition) is 7. The summed E-state index contributed by atoms with van der Waals surface area (Å²) < 4.78 is 12.0. The van der Waals surface area contributed by atoms with E-state index >= 15 is 0 Å². The van der Waals surface area contributed by atoms with Crippen molar-refractivity contribution in [2.24, 2.45) is 0 Å². The van der Waals surface area contributed by atoms with Crippen molar-refractivity contribution in [2.75, 3.05) is 0 Å². The predicted octanol–water partition coefficient (Wildman–Crippen LogP) is 5.02. The molecular weight excluding hydrogens is 435 g/mol. The number of halogens is 2. The highest BCUT2D eigenvalue weighted by molar-refractivity contribution is 7.08. The van der Waals surface area contributed by atoms with Crippen molar-refractivity contribution < 1.29 is 14.1 Å². The molecule has 0 saturated heterocycles. The maximum Gasteiger partial charge on any atom is 0.343 e. The number of aromatic nitrogens is 4. The van der Waals surface area contributed by atoms with Crippen LogP contribution < -0.4 is 0 Å². The zero-order valence-electron chi connectivity index (χ0n) is 15.1. The van der Waals surface area contributed by atoms with Gasteiger partial charge in [0.15, 0.2) is 6.61 Å². The lowest BCUT2D eigenvalue weighted by atomic mass is 10.2. The molecule has 3 aromatic heterocycles. The molecule has 0 unspecified atom stereocenters. The van der Waals surface area contributed by atoms with Gasteiger partial charge >= 0.3 is 5.97 Å². The van der Waals surface area contributed by atoms with Crippen molar-refractivity contribution in [1.29, 1.82) is 0 Å². The average molecular weight is 449 g/mol. The van der Waals surface area contributed by atoms with Gasteiger partial charge in [0.05, 0.1) is 17.8 Å². The first-order valence-corrected chi connectivity index (χ1v) is 10.2. The van der Waals surface area contributed by atoms with Gasteiger partial charge in [-0.15, -0.1) is 0 Å². The molecule has 0 aliphatic rings. The number of ether oxygens (including phenoxy) is 1. The van der Waals surface area contributed by atoms with E-state index in [1.165, 1.54) is 16.0 Å². The van der Waals surface area contributed by atoms with E-state index in [-0.39, 0.29) is 23.1 Å². The van der Waals surface area contributed by atoms with E-state index in [2.05, 4.69) is 15.2 Å². The van der Waals surface area contributed by atoms with Crippen molar-refractivity contribution in [1.82, 2.24) is 19.9 Å². The molecule has 29 heavy (non-hydrogen) atoms. The molecule has 148 valence electrons. The second kappa shape index (κ2) is 8.36. The fourth-order valence-corrected chi connectivity index (χ4v) is 3.83. The summed E-state index contributed by atoms with van der Waals surface area (Å²) in [5.41, 5.74) is 2.31. The first-order valence-electron chi connectivity index (χ1n) is 8.51. The maximum absolute atomic E-state index is 12.6. The van der Waals surface area contributed by atoms with E-state index in [0.717, 1.165) is 11.1 Å². The molecule has 0 saturated carbocycles. The fraction of sp³-hybridized carbons (Fsp3) is 0.158. The first kappa shape index (κ1) is 19.6. The summed E-state index contributed by atoms with van der Waals surface area (Å²) in [6.07, 6.45) is 0. The molecule has 1 aromatic carbocycles. The van der Waals surface area contributed by atoms with Crippen molar-refractivity contribution in [3.05, 3.63) is 73.9 Å². The minimum Gasteiger partial charge on any atom is -0.454 e. The van der Waals surface area contributed by atoms with Crippen molar-refractivity contribution in [2.45, 2.75) is 20.1 Å². The summed E-state index contributed by atoms with van der Waals surface area (Å²) in [5, 5.41) is 12.7. The Bertz CT molecular complexity index is 1150. The monoisotopic (exact) mass is 448 g/mol. The van der Waals surface area contributed by atoms with Crippen LogP contribution in [0.2, 0.25) is 10.2 Å². The molecule has 0 radical (unpaired) electrons. The molecule has 0 aliphatic carbocycles. The van der Waals surface area contributed by atoms with E-state index in [0.29, 0.717) is 23.2 Å². The number of esters is 1. The Morgan fingerprint density at radius 2 is 2.10 bits per heavy atom. The molecule has 4 aromatic rings. The van der Waals surface area contributed by atoms with Gasteiger partial charge in [0, 0.05) is 10.4 Å². The van der Waals surface area contributed by atoms with E-state index < -0.39 is 5.97 Å². The van der Waals surface area contributed by atoms with Crippen LogP contribution in [0, 0.1) is 6.92 Å². The molecule has 3 heterocycles. The SMILES string of the molecule is Cc1nn(Cc2ccccc2Cl)c(Cl)c1C(=O)OCc1noc(-c2ccsc2)n1. The van der Waals surface area contributed by atoms with Gasteiger partial charge in [-0.1, -0.05) is 46.6 Å². The molecule has 10 heteroatoms. The van der Waals surface area contributed by atoms with Gasteiger partial charge in [0.2, 0.25) is 5.82 Å². The summed E-state index contributed by atoms with van der Waals surface area (Å²) >= 11 is 14.1. The molecule has 0 atom stereocenters. The molecular formula is C19H14Cl2N4O3S. The molecule has 0 N–H and O–H groups in total. The van der Waals surface area contributed by atoms with Gasteiger partial charge in [0.25, 0.3) is 5.89 Å². The van der Waals surface area contributed by atoms with Crippen LogP contribution in [0.1, 0.15) is 27.4 Å². The maximum atomic E-state index is 12.6. The normalized spacial score (nSPS) is 11.0. The number of thiophene rings is 1. The van der Waals surface area contributed by atoms with E-state index in [1.54, 1.807) is 13.0 Å². The summed E-state index contributed by atoms with van der Waals surface area (Å²) in [6, 6.07) is 9.23. The summed E-state index contributed by atoms with van der Waals surface area (Å²) in [5.74, 6) is 0.0237. The highest BCUT2D eigenvalue weighted by Gasteiger charge is 2.23. The Kier molecular flexibility index (Phi) is 5.66. The molecule has 7 nitrogen and oxygen atoms in total. The quantitative estimate of drug-likeness (QED) is 0.385. The molecule has 0 fully saturated rings. The Morgan fingerprint density at radius 1 is 1.28 bits per heavy atom. The fourth-order valence-electron chi connectivity index (χ4n) is 2.70. The van der Waals surface area contributed by atoms with Crippen LogP contribution in [-0.2, 0) is 17.9 Å². The van der Waals surface area contributed by atoms with Crippen LogP contribution in [0.25, 0.3) is 11.5 Å². The summed E-state index contributed by atoms with van der Waals surface area (Å²) in [6.45, 7) is 1.88. The Labute approximate surface area is 179 Å². The third kappa shape index (κ3) is 4.19. The van der Waals surface area contributed by atoms with Crippen LogP contribution in [-0.4, -0.2) is 25.9 Å². The first-order chi connectivity index (χ1) is 14.0. The highest BCUT2D eigenvalue weighted by atomic mass is 35.5. The zero-order valence-corrected chi connectivity index (χ0v) is 17.5. The average Bonchev–Trinajstić information content (AvgIpc) is 3.43. The Hall–Kier alpha value is -2.68. The predicted molar refractivity (Wildman–Crippen MR) is 109 cm³/mol. The second-order valence-electron chi connectivity index (χ2n) is 6.10. The largest absolute Gasteiger partial charge is 0.454 e. The van der Waals surface area contributed by atoms with E-state index in [9.17, 15) is 4.79 Å². The van der Waals surface area contributed by atoms with Crippen molar-refractivity contribution in [3.8, 4) is 11.5 Å². The number of nitrogens with zero attached hydrogens (tertiary/aromatic N) is 4. The van der Waals surface area contributed by atoms with Crippen LogP contribution in [0.15, 0.2) is 45.6 Å². The number of carbonyl (C=O) groups is 1. The number of carbonyl (C=O) groups excluding carboxylic acids is 1. The zero-order chi connectivity index (χ0) is 20.4. The molecule has 0 spiro atoms. The summed E-state index contributed by atoms with van der Waals surface area (Å²) in [7, 11) is 0. The lowest BCUT2D eigenvalue weighted by Crippen LogP contribution is -2.08. The van der Waals surface area contributed by atoms with Gasteiger partial charge in [0.1, 0.15) is 10.7 Å². The summed E-state index contributed by atoms with van der Waals surface area (Å²) in [4.78, 5) is 16.8. The molecule has 4 rings (SSSR count). The Balaban J connectivity index is 1.46.